The van der Waals surface area contributed by atoms with Crippen molar-refractivity contribution in [1.82, 2.24) is 25.2 Å². The molecule has 0 radical (unpaired) electrons. The van der Waals surface area contributed by atoms with Crippen molar-refractivity contribution in [3.05, 3.63) is 24.3 Å². The van der Waals surface area contributed by atoms with E-state index in [1.54, 1.807) is 11.6 Å². The largest absolute Gasteiger partial charge is 0.466 e. The van der Waals surface area contributed by atoms with Gasteiger partial charge in [0, 0.05) is 0 Å². The number of hydrogen-bond acceptors (Lipinski definition) is 8. The predicted molar refractivity (Wildman–Crippen MR) is 136 cm³/mol. The summed E-state index contributed by atoms with van der Waals surface area (Å²) in [4.78, 5) is 42.9. The monoisotopic (exact) mass is 527 g/mol. The van der Waals surface area contributed by atoms with Crippen LogP contribution in [0.3, 0.4) is 0 Å². The van der Waals surface area contributed by atoms with Crippen LogP contribution >= 0.6 is 0 Å². The van der Waals surface area contributed by atoms with Crippen molar-refractivity contribution in [2.75, 3.05) is 13.2 Å². The summed E-state index contributed by atoms with van der Waals surface area (Å²) in [6, 6.07) is 5.84. The minimum Gasteiger partial charge on any atom is -0.466 e. The zero-order valence-corrected chi connectivity index (χ0v) is 22.4. The molecule has 2 amide bonds. The average Bonchev–Trinajstić information content (AvgIpc) is 3.63. The fourth-order valence-electron chi connectivity index (χ4n) is 7.04. The van der Waals surface area contributed by atoms with Crippen molar-refractivity contribution >= 4 is 28.8 Å². The smallest absolute Gasteiger partial charge is 0.312 e. The first-order chi connectivity index (χ1) is 18.2. The van der Waals surface area contributed by atoms with Gasteiger partial charge in [0.05, 0.1) is 36.3 Å². The Morgan fingerprint density at radius 1 is 1.26 bits per heavy atom. The SMILES string of the molecule is CCOC(=O)[C@H]1[C@H]2C(=O)N([C@@H](CO)CC(C)C)C(C(=O)NCn3nnc4ccccc43)C23CC[C@]1(CC)O3. The molecule has 2 aromatic rings. The highest BCUT2D eigenvalue weighted by Gasteiger charge is 2.79. The third-order valence-corrected chi connectivity index (χ3v) is 8.58. The van der Waals surface area contributed by atoms with Crippen molar-refractivity contribution in [3.63, 3.8) is 0 Å². The Labute approximate surface area is 221 Å². The Kier molecular flexibility index (Phi) is 6.93. The molecule has 4 heterocycles. The molecule has 11 nitrogen and oxygen atoms in total. The molecule has 1 spiro atoms. The van der Waals surface area contributed by atoms with Crippen molar-refractivity contribution in [2.24, 2.45) is 17.8 Å². The van der Waals surface area contributed by atoms with Crippen LogP contribution in [0.15, 0.2) is 24.3 Å². The summed E-state index contributed by atoms with van der Waals surface area (Å²) in [5.74, 6) is -2.67. The first kappa shape index (κ1) is 26.6. The van der Waals surface area contributed by atoms with Gasteiger partial charge in [-0.2, -0.15) is 0 Å². The lowest BCUT2D eigenvalue weighted by molar-refractivity contribution is -0.162. The molecule has 38 heavy (non-hydrogen) atoms. The second-order valence-corrected chi connectivity index (χ2v) is 11.1. The number of esters is 1. The Morgan fingerprint density at radius 3 is 2.71 bits per heavy atom. The van der Waals surface area contributed by atoms with E-state index in [9.17, 15) is 19.5 Å². The number of aliphatic hydroxyl groups is 1. The lowest BCUT2D eigenvalue weighted by Crippen LogP contribution is -2.58. The number of amides is 2. The molecular weight excluding hydrogens is 490 g/mol. The molecule has 0 aliphatic carbocycles. The Bertz CT molecular complexity index is 1230. The molecule has 1 aromatic carbocycles. The molecule has 3 aliphatic heterocycles. The van der Waals surface area contributed by atoms with Crippen LogP contribution in [0.1, 0.15) is 53.4 Å². The molecule has 6 atom stereocenters. The number of hydrogen-bond donors (Lipinski definition) is 2. The predicted octanol–water partition coefficient (Wildman–Crippen LogP) is 1.63. The molecule has 11 heteroatoms. The van der Waals surface area contributed by atoms with Crippen molar-refractivity contribution in [3.8, 4) is 0 Å². The van der Waals surface area contributed by atoms with E-state index < -0.39 is 47.0 Å². The minimum absolute atomic E-state index is 0.0484. The van der Waals surface area contributed by atoms with Gasteiger partial charge in [-0.15, -0.1) is 5.10 Å². The maximum absolute atomic E-state index is 14.2. The highest BCUT2D eigenvalue weighted by molar-refractivity contribution is 5.98. The van der Waals surface area contributed by atoms with Crippen LogP contribution in [0, 0.1) is 17.8 Å². The van der Waals surface area contributed by atoms with Gasteiger partial charge in [0.25, 0.3) is 0 Å². The Balaban J connectivity index is 1.52. The van der Waals surface area contributed by atoms with Gasteiger partial charge in [-0.25, -0.2) is 4.68 Å². The van der Waals surface area contributed by atoms with Crippen LogP contribution in [-0.2, 0) is 30.5 Å². The average molecular weight is 528 g/mol. The number of carbonyl (C=O) groups is 3. The number of rotatable bonds is 10. The first-order valence-electron chi connectivity index (χ1n) is 13.6. The van der Waals surface area contributed by atoms with Gasteiger partial charge in [-0.3, -0.25) is 14.4 Å². The summed E-state index contributed by atoms with van der Waals surface area (Å²) in [6.07, 6.45) is 2.05. The zero-order chi connectivity index (χ0) is 27.2. The summed E-state index contributed by atoms with van der Waals surface area (Å²) in [7, 11) is 0. The molecule has 5 rings (SSSR count). The van der Waals surface area contributed by atoms with Crippen LogP contribution < -0.4 is 5.32 Å². The molecular formula is C27H37N5O6. The number of para-hydroxylation sites is 1. The quantitative estimate of drug-likeness (QED) is 0.445. The van der Waals surface area contributed by atoms with E-state index in [1.807, 2.05) is 45.0 Å². The highest BCUT2D eigenvalue weighted by Crippen LogP contribution is 2.64. The highest BCUT2D eigenvalue weighted by atomic mass is 16.6. The molecule has 2 unspecified atom stereocenters. The van der Waals surface area contributed by atoms with Crippen LogP contribution in [0.5, 0.6) is 0 Å². The van der Waals surface area contributed by atoms with Gasteiger partial charge in [-0.05, 0) is 50.7 Å². The summed E-state index contributed by atoms with van der Waals surface area (Å²) in [6.45, 7) is 7.62. The van der Waals surface area contributed by atoms with Crippen LogP contribution in [-0.4, -0.2) is 79.3 Å². The topological polar surface area (TPSA) is 136 Å². The molecule has 2 bridgehead atoms. The summed E-state index contributed by atoms with van der Waals surface area (Å²) in [5.41, 5.74) is -0.563. The number of carbonyl (C=O) groups excluding carboxylic acids is 3. The minimum atomic E-state index is -1.18. The van der Waals surface area contributed by atoms with Crippen LogP contribution in [0.25, 0.3) is 11.0 Å². The second-order valence-electron chi connectivity index (χ2n) is 11.1. The fourth-order valence-corrected chi connectivity index (χ4v) is 7.04. The van der Waals surface area contributed by atoms with E-state index in [0.717, 1.165) is 5.52 Å². The molecule has 206 valence electrons. The fraction of sp³-hybridized carbons (Fsp3) is 0.667. The molecule has 3 saturated heterocycles. The number of aromatic nitrogens is 3. The van der Waals surface area contributed by atoms with Gasteiger partial charge in [-0.1, -0.05) is 38.1 Å². The second kappa shape index (κ2) is 9.92. The number of fused-ring (bicyclic) bond motifs is 2. The Morgan fingerprint density at radius 2 is 2.03 bits per heavy atom. The van der Waals surface area contributed by atoms with Gasteiger partial charge in [0.15, 0.2) is 0 Å². The number of likely N-dealkylation sites (tertiary alicyclic amines) is 1. The van der Waals surface area contributed by atoms with Crippen molar-refractivity contribution < 1.29 is 29.0 Å². The Hall–Kier alpha value is -3.05. The molecule has 3 aliphatic rings. The summed E-state index contributed by atoms with van der Waals surface area (Å²) in [5, 5.41) is 21.6. The van der Waals surface area contributed by atoms with Gasteiger partial charge < -0.3 is 24.8 Å². The summed E-state index contributed by atoms with van der Waals surface area (Å²) < 4.78 is 13.7. The molecule has 0 saturated carbocycles. The third kappa shape index (κ3) is 3.89. The maximum atomic E-state index is 14.2. The summed E-state index contributed by atoms with van der Waals surface area (Å²) >= 11 is 0. The lowest BCUT2D eigenvalue weighted by Gasteiger charge is -2.37. The van der Waals surface area contributed by atoms with E-state index in [-0.39, 0.29) is 31.7 Å². The van der Waals surface area contributed by atoms with E-state index in [1.165, 1.54) is 4.90 Å². The van der Waals surface area contributed by atoms with Crippen LogP contribution in [0.4, 0.5) is 0 Å². The van der Waals surface area contributed by atoms with Crippen molar-refractivity contribution in [1.29, 1.82) is 0 Å². The number of aliphatic hydroxyl groups excluding tert-OH is 1. The van der Waals surface area contributed by atoms with Gasteiger partial charge in [0.2, 0.25) is 11.8 Å². The van der Waals surface area contributed by atoms with Gasteiger partial charge in [0.1, 0.15) is 29.7 Å². The molecule has 3 fully saturated rings. The maximum Gasteiger partial charge on any atom is 0.312 e. The van der Waals surface area contributed by atoms with E-state index in [0.29, 0.717) is 31.2 Å². The normalized spacial score (nSPS) is 30.7. The van der Waals surface area contributed by atoms with Crippen molar-refractivity contribution in [2.45, 2.75) is 83.3 Å². The van der Waals surface area contributed by atoms with Gasteiger partial charge >= 0.3 is 5.97 Å². The number of benzene rings is 1. The molecule has 2 N–H and O–H groups in total. The molecule has 1 aromatic heterocycles. The number of ether oxygens (including phenoxy) is 2. The lowest BCUT2D eigenvalue weighted by atomic mass is 9.65. The zero-order valence-electron chi connectivity index (χ0n) is 22.4. The van der Waals surface area contributed by atoms with E-state index in [4.69, 9.17) is 9.47 Å². The standard InChI is InChI=1S/C27H37N5O6/c1-5-26-11-12-27(38-26)20(21(26)25(36)37-6-2)24(35)32(17(14-33)13-16(3)4)22(27)23(34)28-15-31-19-10-8-7-9-18(19)29-30-31/h7-10,16-17,20-22,33H,5-6,11-15H2,1-4H3,(H,28,34)/t17-,20+,21-,22?,26+,27?/m1/s1. The number of nitrogens with one attached hydrogen (secondary N) is 1. The van der Waals surface area contributed by atoms with Crippen LogP contribution in [0.2, 0.25) is 0 Å². The van der Waals surface area contributed by atoms with E-state index >= 15 is 0 Å². The number of nitrogens with zero attached hydrogens (tertiary/aromatic N) is 4. The van der Waals surface area contributed by atoms with E-state index in [2.05, 4.69) is 15.6 Å². The first-order valence-corrected chi connectivity index (χ1v) is 13.6. The third-order valence-electron chi connectivity index (χ3n) is 8.58.